The van der Waals surface area contributed by atoms with E-state index < -0.39 is 0 Å². The van der Waals surface area contributed by atoms with E-state index in [1.165, 1.54) is 41.5 Å². The van der Waals surface area contributed by atoms with Crippen molar-refractivity contribution in [2.45, 2.75) is 39.3 Å². The molecule has 0 unspecified atom stereocenters. The molecular formula is C19H23NO. The summed E-state index contributed by atoms with van der Waals surface area (Å²) in [5.41, 5.74) is 5.57. The van der Waals surface area contributed by atoms with Crippen LogP contribution in [0.4, 0.5) is 0 Å². The predicted molar refractivity (Wildman–Crippen MR) is 86.6 cm³/mol. The Bertz CT molecular complexity index is 606. The molecule has 0 heterocycles. The third-order valence-electron chi connectivity index (χ3n) is 4.05. The normalized spacial score (nSPS) is 13.2. The van der Waals surface area contributed by atoms with Gasteiger partial charge in [-0.3, -0.25) is 0 Å². The first-order valence-corrected chi connectivity index (χ1v) is 7.88. The minimum absolute atomic E-state index is 0.651. The third kappa shape index (κ3) is 3.64. The van der Waals surface area contributed by atoms with Gasteiger partial charge in [0.05, 0.1) is 0 Å². The largest absolute Gasteiger partial charge is 0.489 e. The molecule has 0 saturated carbocycles. The second-order valence-corrected chi connectivity index (χ2v) is 5.67. The quantitative estimate of drug-likeness (QED) is 0.868. The molecule has 3 rings (SSSR count). The molecule has 0 amide bonds. The first-order chi connectivity index (χ1) is 10.3. The summed E-state index contributed by atoms with van der Waals surface area (Å²) in [6.45, 7) is 4.65. The number of rotatable bonds is 6. The standard InChI is InChI=1S/C19H23NO/c1-2-20-13-15-5-3-8-19(12-15)21-14-16-9-10-17-6-4-7-18(17)11-16/h3,5,8-12,20H,2,4,6-7,13-14H2,1H3. The van der Waals surface area contributed by atoms with Gasteiger partial charge in [-0.25, -0.2) is 0 Å². The first-order valence-electron chi connectivity index (χ1n) is 7.88. The van der Waals surface area contributed by atoms with E-state index >= 15 is 0 Å². The molecule has 1 N–H and O–H groups in total. The summed E-state index contributed by atoms with van der Waals surface area (Å²) >= 11 is 0. The zero-order valence-corrected chi connectivity index (χ0v) is 12.7. The average Bonchev–Trinajstić information content (AvgIpc) is 2.99. The average molecular weight is 281 g/mol. The maximum absolute atomic E-state index is 5.94. The molecule has 2 heteroatoms. The highest BCUT2D eigenvalue weighted by molar-refractivity contribution is 5.35. The van der Waals surface area contributed by atoms with E-state index in [0.717, 1.165) is 18.8 Å². The summed E-state index contributed by atoms with van der Waals surface area (Å²) in [4.78, 5) is 0. The Kier molecular flexibility index (Phi) is 4.56. The molecule has 0 aliphatic heterocycles. The van der Waals surface area contributed by atoms with Crippen molar-refractivity contribution in [2.75, 3.05) is 6.54 Å². The minimum Gasteiger partial charge on any atom is -0.489 e. The summed E-state index contributed by atoms with van der Waals surface area (Å²) in [5.74, 6) is 0.950. The van der Waals surface area contributed by atoms with Crippen molar-refractivity contribution in [2.24, 2.45) is 0 Å². The summed E-state index contributed by atoms with van der Waals surface area (Å²) in [6.07, 6.45) is 3.76. The molecule has 2 aromatic rings. The Morgan fingerprint density at radius 1 is 1.00 bits per heavy atom. The predicted octanol–water partition coefficient (Wildman–Crippen LogP) is 3.86. The van der Waals surface area contributed by atoms with E-state index in [4.69, 9.17) is 4.74 Å². The lowest BCUT2D eigenvalue weighted by molar-refractivity contribution is 0.305. The Balaban J connectivity index is 1.62. The molecule has 2 nitrogen and oxygen atoms in total. The van der Waals surface area contributed by atoms with Crippen LogP contribution >= 0.6 is 0 Å². The fourth-order valence-electron chi connectivity index (χ4n) is 2.90. The Morgan fingerprint density at radius 2 is 1.90 bits per heavy atom. The number of benzene rings is 2. The molecule has 1 aliphatic carbocycles. The van der Waals surface area contributed by atoms with Gasteiger partial charge < -0.3 is 10.1 Å². The number of hydrogen-bond donors (Lipinski definition) is 1. The Labute approximate surface area is 127 Å². The van der Waals surface area contributed by atoms with E-state index in [1.54, 1.807) is 0 Å². The van der Waals surface area contributed by atoms with Gasteiger partial charge in [-0.2, -0.15) is 0 Å². The van der Waals surface area contributed by atoms with Gasteiger partial charge in [-0.15, -0.1) is 0 Å². The van der Waals surface area contributed by atoms with Crippen LogP contribution < -0.4 is 10.1 Å². The van der Waals surface area contributed by atoms with Crippen LogP contribution in [0.5, 0.6) is 5.75 Å². The van der Waals surface area contributed by atoms with Gasteiger partial charge >= 0.3 is 0 Å². The summed E-state index contributed by atoms with van der Waals surface area (Å²) in [5, 5.41) is 3.34. The second kappa shape index (κ2) is 6.77. The molecule has 110 valence electrons. The maximum Gasteiger partial charge on any atom is 0.120 e. The van der Waals surface area contributed by atoms with Gasteiger partial charge in [0.1, 0.15) is 12.4 Å². The maximum atomic E-state index is 5.94. The number of fused-ring (bicyclic) bond motifs is 1. The number of nitrogens with one attached hydrogen (secondary N) is 1. The molecule has 0 radical (unpaired) electrons. The summed E-state index contributed by atoms with van der Waals surface area (Å²) < 4.78 is 5.94. The van der Waals surface area contributed by atoms with Gasteiger partial charge in [0, 0.05) is 6.54 Å². The van der Waals surface area contributed by atoms with Crippen LogP contribution in [0, 0.1) is 0 Å². The molecular weight excluding hydrogens is 258 g/mol. The van der Waals surface area contributed by atoms with Gasteiger partial charge in [0.25, 0.3) is 0 Å². The Hall–Kier alpha value is -1.80. The zero-order chi connectivity index (χ0) is 14.5. The van der Waals surface area contributed by atoms with Gasteiger partial charge in [0.15, 0.2) is 0 Å². The molecule has 2 aromatic carbocycles. The second-order valence-electron chi connectivity index (χ2n) is 5.67. The number of aryl methyl sites for hydroxylation is 2. The van der Waals surface area contributed by atoms with Crippen molar-refractivity contribution < 1.29 is 4.74 Å². The third-order valence-corrected chi connectivity index (χ3v) is 4.05. The van der Waals surface area contributed by atoms with E-state index in [0.29, 0.717) is 6.61 Å². The molecule has 0 fully saturated rings. The van der Waals surface area contributed by atoms with Crippen LogP contribution in [0.25, 0.3) is 0 Å². The van der Waals surface area contributed by atoms with Crippen molar-refractivity contribution >= 4 is 0 Å². The lowest BCUT2D eigenvalue weighted by Gasteiger charge is -2.10. The minimum atomic E-state index is 0.651. The molecule has 0 saturated heterocycles. The van der Waals surface area contributed by atoms with Gasteiger partial charge in [0.2, 0.25) is 0 Å². The van der Waals surface area contributed by atoms with Crippen molar-refractivity contribution in [1.82, 2.24) is 5.32 Å². The highest BCUT2D eigenvalue weighted by atomic mass is 16.5. The van der Waals surface area contributed by atoms with Crippen molar-refractivity contribution in [3.8, 4) is 5.75 Å². The van der Waals surface area contributed by atoms with Crippen LogP contribution in [0.15, 0.2) is 42.5 Å². The molecule has 0 atom stereocenters. The highest BCUT2D eigenvalue weighted by Gasteiger charge is 2.10. The fourth-order valence-corrected chi connectivity index (χ4v) is 2.90. The lowest BCUT2D eigenvalue weighted by Crippen LogP contribution is -2.11. The summed E-state index contributed by atoms with van der Waals surface area (Å²) in [6, 6.07) is 15.1. The molecule has 0 spiro atoms. The SMILES string of the molecule is CCNCc1cccc(OCc2ccc3c(c2)CCC3)c1. The van der Waals surface area contributed by atoms with Crippen molar-refractivity contribution in [1.29, 1.82) is 0 Å². The van der Waals surface area contributed by atoms with E-state index in [2.05, 4.69) is 48.6 Å². The Morgan fingerprint density at radius 3 is 2.81 bits per heavy atom. The van der Waals surface area contributed by atoms with E-state index in [9.17, 15) is 0 Å². The zero-order valence-electron chi connectivity index (χ0n) is 12.7. The molecule has 21 heavy (non-hydrogen) atoms. The first kappa shape index (κ1) is 14.2. The van der Waals surface area contributed by atoms with Crippen molar-refractivity contribution in [3.05, 3.63) is 64.7 Å². The highest BCUT2D eigenvalue weighted by Crippen LogP contribution is 2.23. The van der Waals surface area contributed by atoms with Gasteiger partial charge in [-0.05, 0) is 60.2 Å². The molecule has 0 bridgehead atoms. The lowest BCUT2D eigenvalue weighted by atomic mass is 10.1. The topological polar surface area (TPSA) is 21.3 Å². The van der Waals surface area contributed by atoms with E-state index in [-0.39, 0.29) is 0 Å². The molecule has 0 aromatic heterocycles. The van der Waals surface area contributed by atoms with Crippen molar-refractivity contribution in [3.63, 3.8) is 0 Å². The van der Waals surface area contributed by atoms with Crippen LogP contribution in [0.3, 0.4) is 0 Å². The van der Waals surface area contributed by atoms with Crippen LogP contribution in [-0.4, -0.2) is 6.54 Å². The molecule has 1 aliphatic rings. The monoisotopic (exact) mass is 281 g/mol. The van der Waals surface area contributed by atoms with Crippen LogP contribution in [0.1, 0.15) is 35.6 Å². The summed E-state index contributed by atoms with van der Waals surface area (Å²) in [7, 11) is 0. The fraction of sp³-hybridized carbons (Fsp3) is 0.368. The smallest absolute Gasteiger partial charge is 0.120 e. The number of hydrogen-bond acceptors (Lipinski definition) is 2. The van der Waals surface area contributed by atoms with Gasteiger partial charge in [-0.1, -0.05) is 37.3 Å². The van der Waals surface area contributed by atoms with E-state index in [1.807, 2.05) is 6.07 Å². The van der Waals surface area contributed by atoms with Crippen LogP contribution in [0.2, 0.25) is 0 Å². The van der Waals surface area contributed by atoms with Crippen LogP contribution in [-0.2, 0) is 26.0 Å². The number of ether oxygens (including phenoxy) is 1.